The first-order valence-electron chi connectivity index (χ1n) is 6.80. The lowest BCUT2D eigenvalue weighted by molar-refractivity contribution is -0.114. The second-order valence-electron chi connectivity index (χ2n) is 5.04. The van der Waals surface area contributed by atoms with Crippen LogP contribution in [0.2, 0.25) is 0 Å². The zero-order valence-electron chi connectivity index (χ0n) is 11.6. The molecule has 21 heavy (non-hydrogen) atoms. The van der Waals surface area contributed by atoms with Crippen LogP contribution in [0, 0.1) is 0 Å². The molecule has 0 saturated carbocycles. The molecule has 1 amide bonds. The molecule has 4 nitrogen and oxygen atoms in total. The minimum atomic E-state index is -0.464. The van der Waals surface area contributed by atoms with Crippen molar-refractivity contribution >= 4 is 17.4 Å². The highest BCUT2D eigenvalue weighted by Gasteiger charge is 2.29. The molecule has 0 spiro atoms. The Morgan fingerprint density at radius 1 is 1.10 bits per heavy atom. The van der Waals surface area contributed by atoms with E-state index >= 15 is 0 Å². The average Bonchev–Trinajstić information content (AvgIpc) is 2.90. The number of hydrogen-bond donors (Lipinski definition) is 1. The highest BCUT2D eigenvalue weighted by molar-refractivity contribution is 6.01. The summed E-state index contributed by atoms with van der Waals surface area (Å²) in [5.74, 6) is 0.606. The Morgan fingerprint density at radius 2 is 1.81 bits per heavy atom. The molecular formula is C17H15NO3. The summed E-state index contributed by atoms with van der Waals surface area (Å²) in [6.45, 7) is 1.45. The van der Waals surface area contributed by atoms with Crippen LogP contribution in [0.25, 0.3) is 0 Å². The van der Waals surface area contributed by atoms with E-state index in [1.807, 2.05) is 24.3 Å². The maximum absolute atomic E-state index is 12.4. The van der Waals surface area contributed by atoms with Crippen molar-refractivity contribution in [2.24, 2.45) is 0 Å². The summed E-state index contributed by atoms with van der Waals surface area (Å²) in [5, 5.41) is 2.67. The second-order valence-corrected chi connectivity index (χ2v) is 5.04. The fourth-order valence-electron chi connectivity index (χ4n) is 2.44. The molecule has 0 bridgehead atoms. The number of amides is 1. The van der Waals surface area contributed by atoms with Crippen molar-refractivity contribution in [2.45, 2.75) is 19.4 Å². The smallest absolute Gasteiger partial charge is 0.221 e. The van der Waals surface area contributed by atoms with Gasteiger partial charge in [-0.1, -0.05) is 18.2 Å². The standard InChI is InChI=1S/C17H15NO3/c1-11(19)18-14-8-6-12(7-9-14)17(20)16-10-13-4-2-3-5-15(13)21-16/h2-9,16H,10H2,1H3,(H,18,19). The SMILES string of the molecule is CC(=O)Nc1ccc(C(=O)C2Cc3ccccc3O2)cc1. The first kappa shape index (κ1) is 13.4. The lowest BCUT2D eigenvalue weighted by Gasteiger charge is -2.10. The topological polar surface area (TPSA) is 55.4 Å². The number of nitrogens with one attached hydrogen (secondary N) is 1. The Morgan fingerprint density at radius 3 is 2.48 bits per heavy atom. The monoisotopic (exact) mass is 281 g/mol. The average molecular weight is 281 g/mol. The van der Waals surface area contributed by atoms with E-state index in [4.69, 9.17) is 4.74 Å². The van der Waals surface area contributed by atoms with Crippen molar-refractivity contribution in [1.29, 1.82) is 0 Å². The Kier molecular flexibility index (Phi) is 3.44. The molecule has 1 atom stereocenters. The summed E-state index contributed by atoms with van der Waals surface area (Å²) >= 11 is 0. The molecule has 2 aromatic carbocycles. The Bertz CT molecular complexity index is 666. The van der Waals surface area contributed by atoms with Gasteiger partial charge >= 0.3 is 0 Å². The maximum atomic E-state index is 12.4. The fourth-order valence-corrected chi connectivity index (χ4v) is 2.44. The van der Waals surface area contributed by atoms with Gasteiger partial charge in [0, 0.05) is 24.6 Å². The number of ketones is 1. The largest absolute Gasteiger partial charge is 0.482 e. The fraction of sp³-hybridized carbons (Fsp3) is 0.176. The predicted octanol–water partition coefficient (Wildman–Crippen LogP) is 2.83. The molecule has 1 aliphatic heterocycles. The molecular weight excluding hydrogens is 266 g/mol. The lowest BCUT2D eigenvalue weighted by atomic mass is 10.0. The molecule has 106 valence electrons. The van der Waals surface area contributed by atoms with Crippen molar-refractivity contribution in [3.8, 4) is 5.75 Å². The molecule has 0 aliphatic carbocycles. The van der Waals surface area contributed by atoms with E-state index in [2.05, 4.69) is 5.32 Å². The van der Waals surface area contributed by atoms with Gasteiger partial charge in [0.15, 0.2) is 6.10 Å². The van der Waals surface area contributed by atoms with Crippen LogP contribution >= 0.6 is 0 Å². The van der Waals surface area contributed by atoms with E-state index < -0.39 is 6.10 Å². The zero-order chi connectivity index (χ0) is 14.8. The van der Waals surface area contributed by atoms with Gasteiger partial charge in [0.25, 0.3) is 0 Å². The number of fused-ring (bicyclic) bond motifs is 1. The third kappa shape index (κ3) is 2.79. The van der Waals surface area contributed by atoms with Crippen LogP contribution in [0.5, 0.6) is 5.75 Å². The Balaban J connectivity index is 1.73. The maximum Gasteiger partial charge on any atom is 0.221 e. The van der Waals surface area contributed by atoms with E-state index in [9.17, 15) is 9.59 Å². The van der Waals surface area contributed by atoms with E-state index in [-0.39, 0.29) is 11.7 Å². The lowest BCUT2D eigenvalue weighted by Crippen LogP contribution is -2.25. The number of hydrogen-bond acceptors (Lipinski definition) is 3. The van der Waals surface area contributed by atoms with Gasteiger partial charge in [0.1, 0.15) is 5.75 Å². The number of benzene rings is 2. The van der Waals surface area contributed by atoms with Crippen molar-refractivity contribution in [3.05, 3.63) is 59.7 Å². The molecule has 0 radical (unpaired) electrons. The minimum Gasteiger partial charge on any atom is -0.482 e. The van der Waals surface area contributed by atoms with E-state index in [1.54, 1.807) is 24.3 Å². The summed E-state index contributed by atoms with van der Waals surface area (Å²) in [4.78, 5) is 23.4. The molecule has 3 rings (SSSR count). The number of anilines is 1. The third-order valence-electron chi connectivity index (χ3n) is 3.43. The van der Waals surface area contributed by atoms with Gasteiger partial charge in [0.05, 0.1) is 0 Å². The molecule has 1 heterocycles. The van der Waals surface area contributed by atoms with Gasteiger partial charge < -0.3 is 10.1 Å². The number of rotatable bonds is 3. The normalized spacial score (nSPS) is 16.0. The molecule has 4 heteroatoms. The van der Waals surface area contributed by atoms with Gasteiger partial charge in [-0.25, -0.2) is 0 Å². The number of carbonyl (C=O) groups is 2. The second kappa shape index (κ2) is 5.40. The van der Waals surface area contributed by atoms with E-state index in [0.29, 0.717) is 17.7 Å². The van der Waals surface area contributed by atoms with Crippen LogP contribution in [0.4, 0.5) is 5.69 Å². The first-order valence-corrected chi connectivity index (χ1v) is 6.80. The highest BCUT2D eigenvalue weighted by atomic mass is 16.5. The predicted molar refractivity (Wildman–Crippen MR) is 79.6 cm³/mol. The molecule has 0 fully saturated rings. The van der Waals surface area contributed by atoms with Crippen LogP contribution in [0.15, 0.2) is 48.5 Å². The summed E-state index contributed by atoms with van der Waals surface area (Å²) in [6, 6.07) is 14.5. The molecule has 2 aromatic rings. The highest BCUT2D eigenvalue weighted by Crippen LogP contribution is 2.29. The van der Waals surface area contributed by atoms with Crippen LogP contribution < -0.4 is 10.1 Å². The third-order valence-corrected chi connectivity index (χ3v) is 3.43. The van der Waals surface area contributed by atoms with Gasteiger partial charge in [-0.3, -0.25) is 9.59 Å². The van der Waals surface area contributed by atoms with Crippen LogP contribution in [-0.2, 0) is 11.2 Å². The molecule has 0 saturated heterocycles. The van der Waals surface area contributed by atoms with Gasteiger partial charge in [0.2, 0.25) is 11.7 Å². The molecule has 1 aliphatic rings. The van der Waals surface area contributed by atoms with Crippen LogP contribution in [0.1, 0.15) is 22.8 Å². The van der Waals surface area contributed by atoms with E-state index in [1.165, 1.54) is 6.92 Å². The molecule has 0 aromatic heterocycles. The number of para-hydroxylation sites is 1. The Hall–Kier alpha value is -2.62. The van der Waals surface area contributed by atoms with Gasteiger partial charge in [-0.05, 0) is 35.9 Å². The zero-order valence-corrected chi connectivity index (χ0v) is 11.6. The summed E-state index contributed by atoms with van der Waals surface area (Å²) in [5.41, 5.74) is 2.32. The van der Waals surface area contributed by atoms with E-state index in [0.717, 1.165) is 11.3 Å². The molecule has 1 N–H and O–H groups in total. The van der Waals surface area contributed by atoms with Crippen molar-refractivity contribution in [1.82, 2.24) is 0 Å². The Labute approximate surface area is 122 Å². The van der Waals surface area contributed by atoms with Gasteiger partial charge in [-0.15, -0.1) is 0 Å². The van der Waals surface area contributed by atoms with Crippen molar-refractivity contribution in [2.75, 3.05) is 5.32 Å². The summed E-state index contributed by atoms with van der Waals surface area (Å²) < 4.78 is 5.70. The minimum absolute atomic E-state index is 0.0411. The number of carbonyl (C=O) groups excluding carboxylic acids is 2. The number of Topliss-reactive ketones (excluding diaryl/α,β-unsaturated/α-hetero) is 1. The van der Waals surface area contributed by atoms with Gasteiger partial charge in [-0.2, -0.15) is 0 Å². The van der Waals surface area contributed by atoms with Crippen molar-refractivity contribution in [3.63, 3.8) is 0 Å². The number of ether oxygens (including phenoxy) is 1. The molecule has 1 unspecified atom stereocenters. The van der Waals surface area contributed by atoms with Crippen LogP contribution in [0.3, 0.4) is 0 Å². The van der Waals surface area contributed by atoms with Crippen molar-refractivity contribution < 1.29 is 14.3 Å². The summed E-state index contributed by atoms with van der Waals surface area (Å²) in [6.07, 6.45) is 0.136. The van der Waals surface area contributed by atoms with Crippen LogP contribution in [-0.4, -0.2) is 17.8 Å². The quantitative estimate of drug-likeness (QED) is 0.880. The summed E-state index contributed by atoms with van der Waals surface area (Å²) in [7, 11) is 0. The first-order chi connectivity index (χ1) is 10.1.